The van der Waals surface area contributed by atoms with Gasteiger partial charge in [-0.15, -0.1) is 0 Å². The summed E-state index contributed by atoms with van der Waals surface area (Å²) < 4.78 is 25.8. The predicted molar refractivity (Wildman–Crippen MR) is 115 cm³/mol. The summed E-state index contributed by atoms with van der Waals surface area (Å²) in [6, 6.07) is 18.4. The number of hydrogen-bond donors (Lipinski definition) is 0. The van der Waals surface area contributed by atoms with E-state index in [9.17, 15) is 4.39 Å². The van der Waals surface area contributed by atoms with Crippen molar-refractivity contribution < 1.29 is 13.9 Å². The van der Waals surface area contributed by atoms with Crippen LogP contribution in [-0.2, 0) is 13.0 Å². The molecule has 3 rings (SSSR count). The Morgan fingerprint density at radius 3 is 2.50 bits per heavy atom. The summed E-state index contributed by atoms with van der Waals surface area (Å²) in [7, 11) is 1.57. The van der Waals surface area contributed by atoms with Gasteiger partial charge in [0.2, 0.25) is 0 Å². The summed E-state index contributed by atoms with van der Waals surface area (Å²) in [5, 5.41) is 0. The molecule has 144 valence electrons. The van der Waals surface area contributed by atoms with Crippen molar-refractivity contribution in [3.05, 3.63) is 87.6 Å². The zero-order chi connectivity index (χ0) is 19.9. The number of methoxy groups -OCH3 is 1. The van der Waals surface area contributed by atoms with Crippen LogP contribution in [0.25, 0.3) is 0 Å². The lowest BCUT2D eigenvalue weighted by Gasteiger charge is -2.14. The SMILES string of the molecule is CCc1ccc(N=Cc2cc(Br)c(OCc3ccccc3F)c(OC)c2)cc1. The van der Waals surface area contributed by atoms with Gasteiger partial charge in [0.05, 0.1) is 17.3 Å². The first-order valence-electron chi connectivity index (χ1n) is 8.97. The van der Waals surface area contributed by atoms with Gasteiger partial charge in [-0.25, -0.2) is 4.39 Å². The molecule has 0 atom stereocenters. The van der Waals surface area contributed by atoms with E-state index in [1.807, 2.05) is 24.3 Å². The van der Waals surface area contributed by atoms with E-state index < -0.39 is 0 Å². The van der Waals surface area contributed by atoms with Gasteiger partial charge in [0.1, 0.15) is 12.4 Å². The van der Waals surface area contributed by atoms with Crippen LogP contribution in [0, 0.1) is 5.82 Å². The van der Waals surface area contributed by atoms with Crippen molar-refractivity contribution in [1.82, 2.24) is 0 Å². The van der Waals surface area contributed by atoms with Crippen molar-refractivity contribution in [1.29, 1.82) is 0 Å². The van der Waals surface area contributed by atoms with Crippen LogP contribution in [0.1, 0.15) is 23.6 Å². The van der Waals surface area contributed by atoms with E-state index in [4.69, 9.17) is 9.47 Å². The number of halogens is 2. The zero-order valence-corrected chi connectivity index (χ0v) is 17.4. The van der Waals surface area contributed by atoms with Gasteiger partial charge >= 0.3 is 0 Å². The number of nitrogens with zero attached hydrogens (tertiary/aromatic N) is 1. The molecule has 0 aliphatic rings. The number of aliphatic imine (C=N–C) groups is 1. The molecule has 0 fully saturated rings. The zero-order valence-electron chi connectivity index (χ0n) is 15.8. The fourth-order valence-electron chi connectivity index (χ4n) is 2.69. The molecule has 0 aliphatic heterocycles. The van der Waals surface area contributed by atoms with Gasteiger partial charge in [-0.1, -0.05) is 37.3 Å². The van der Waals surface area contributed by atoms with E-state index in [1.165, 1.54) is 11.6 Å². The third-order valence-corrected chi connectivity index (χ3v) is 4.88. The Morgan fingerprint density at radius 1 is 1.07 bits per heavy atom. The number of hydrogen-bond acceptors (Lipinski definition) is 3. The van der Waals surface area contributed by atoms with E-state index in [0.29, 0.717) is 21.5 Å². The average molecular weight is 442 g/mol. The maximum absolute atomic E-state index is 13.8. The van der Waals surface area contributed by atoms with Crippen molar-refractivity contribution in [2.45, 2.75) is 20.0 Å². The van der Waals surface area contributed by atoms with Crippen LogP contribution in [0.4, 0.5) is 10.1 Å². The van der Waals surface area contributed by atoms with Crippen LogP contribution in [0.2, 0.25) is 0 Å². The van der Waals surface area contributed by atoms with Gasteiger partial charge < -0.3 is 9.47 Å². The molecule has 0 spiro atoms. The first-order chi connectivity index (χ1) is 13.6. The van der Waals surface area contributed by atoms with Crippen LogP contribution in [0.15, 0.2) is 70.1 Å². The Bertz CT molecular complexity index is 971. The highest BCUT2D eigenvalue weighted by Gasteiger charge is 2.12. The number of aryl methyl sites for hydroxylation is 1. The second-order valence-electron chi connectivity index (χ2n) is 6.19. The minimum Gasteiger partial charge on any atom is -0.493 e. The molecular formula is C23H21BrFNO2. The maximum atomic E-state index is 13.8. The standard InChI is InChI=1S/C23H21BrFNO2/c1-3-16-8-10-19(11-9-16)26-14-17-12-20(24)23(22(13-17)27-2)28-15-18-6-4-5-7-21(18)25/h4-14H,3,15H2,1-2H3. The first-order valence-corrected chi connectivity index (χ1v) is 9.76. The second-order valence-corrected chi connectivity index (χ2v) is 7.05. The van der Waals surface area contributed by atoms with Gasteiger partial charge in [-0.2, -0.15) is 0 Å². The van der Waals surface area contributed by atoms with Crippen LogP contribution < -0.4 is 9.47 Å². The normalized spacial score (nSPS) is 11.0. The van der Waals surface area contributed by atoms with E-state index in [2.05, 4.69) is 40.0 Å². The maximum Gasteiger partial charge on any atom is 0.175 e. The fraction of sp³-hybridized carbons (Fsp3) is 0.174. The highest BCUT2D eigenvalue weighted by Crippen LogP contribution is 2.37. The molecule has 28 heavy (non-hydrogen) atoms. The molecule has 0 aromatic heterocycles. The highest BCUT2D eigenvalue weighted by molar-refractivity contribution is 9.10. The van der Waals surface area contributed by atoms with Crippen molar-refractivity contribution in [3.8, 4) is 11.5 Å². The quantitative estimate of drug-likeness (QED) is 0.392. The lowest BCUT2D eigenvalue weighted by Crippen LogP contribution is -2.01. The molecule has 0 radical (unpaired) electrons. The van der Waals surface area contributed by atoms with Gasteiger partial charge in [0, 0.05) is 11.8 Å². The molecule has 0 bridgehead atoms. The lowest BCUT2D eigenvalue weighted by molar-refractivity contribution is 0.278. The van der Waals surface area contributed by atoms with Gasteiger partial charge in [-0.05, 0) is 63.8 Å². The molecule has 3 aromatic rings. The molecule has 0 amide bonds. The predicted octanol–water partition coefficient (Wildman–Crippen LogP) is 6.49. The third-order valence-electron chi connectivity index (χ3n) is 4.29. The summed E-state index contributed by atoms with van der Waals surface area (Å²) in [6.07, 6.45) is 2.78. The molecule has 0 heterocycles. The van der Waals surface area contributed by atoms with Gasteiger partial charge in [-0.3, -0.25) is 4.99 Å². The smallest absolute Gasteiger partial charge is 0.175 e. The number of rotatable bonds is 7. The van der Waals surface area contributed by atoms with E-state index in [0.717, 1.165) is 17.7 Å². The minimum atomic E-state index is -0.296. The van der Waals surface area contributed by atoms with Crippen LogP contribution in [0.5, 0.6) is 11.5 Å². The van der Waals surface area contributed by atoms with Gasteiger partial charge in [0.25, 0.3) is 0 Å². The Balaban J connectivity index is 1.78. The third kappa shape index (κ3) is 4.98. The van der Waals surface area contributed by atoms with Crippen molar-refractivity contribution in [3.63, 3.8) is 0 Å². The molecule has 3 aromatic carbocycles. The summed E-state index contributed by atoms with van der Waals surface area (Å²) in [4.78, 5) is 4.51. The van der Waals surface area contributed by atoms with Crippen LogP contribution in [0.3, 0.4) is 0 Å². The molecule has 0 saturated carbocycles. The summed E-state index contributed by atoms with van der Waals surface area (Å²) in [6.45, 7) is 2.23. The highest BCUT2D eigenvalue weighted by atomic mass is 79.9. The summed E-state index contributed by atoms with van der Waals surface area (Å²) in [5.41, 5.74) is 3.51. The molecule has 0 N–H and O–H groups in total. The number of ether oxygens (including phenoxy) is 2. The monoisotopic (exact) mass is 441 g/mol. The molecule has 0 aliphatic carbocycles. The molecule has 3 nitrogen and oxygen atoms in total. The number of benzene rings is 3. The first kappa shape index (κ1) is 20.1. The van der Waals surface area contributed by atoms with E-state index in [-0.39, 0.29) is 12.4 Å². The van der Waals surface area contributed by atoms with Crippen molar-refractivity contribution >= 4 is 27.8 Å². The topological polar surface area (TPSA) is 30.8 Å². The minimum absolute atomic E-state index is 0.110. The Morgan fingerprint density at radius 2 is 1.82 bits per heavy atom. The molecule has 5 heteroatoms. The van der Waals surface area contributed by atoms with E-state index >= 15 is 0 Å². The van der Waals surface area contributed by atoms with E-state index in [1.54, 1.807) is 31.5 Å². The second kappa shape index (κ2) is 9.51. The molecular weight excluding hydrogens is 421 g/mol. The van der Waals surface area contributed by atoms with Crippen molar-refractivity contribution in [2.75, 3.05) is 7.11 Å². The fourth-order valence-corrected chi connectivity index (χ4v) is 3.26. The van der Waals surface area contributed by atoms with Gasteiger partial charge in [0.15, 0.2) is 11.5 Å². The van der Waals surface area contributed by atoms with Crippen LogP contribution >= 0.6 is 15.9 Å². The lowest BCUT2D eigenvalue weighted by atomic mass is 10.1. The Labute approximate surface area is 173 Å². The average Bonchev–Trinajstić information content (AvgIpc) is 2.72. The Hall–Kier alpha value is -2.66. The van der Waals surface area contributed by atoms with Crippen molar-refractivity contribution in [2.24, 2.45) is 4.99 Å². The largest absolute Gasteiger partial charge is 0.493 e. The Kier molecular flexibility index (Phi) is 6.82. The summed E-state index contributed by atoms with van der Waals surface area (Å²) >= 11 is 3.52. The van der Waals surface area contributed by atoms with Crippen LogP contribution in [-0.4, -0.2) is 13.3 Å². The molecule has 0 unspecified atom stereocenters. The molecule has 0 saturated heterocycles. The summed E-state index contributed by atoms with van der Waals surface area (Å²) in [5.74, 6) is 0.777.